The highest BCUT2D eigenvalue weighted by molar-refractivity contribution is 7.09. The summed E-state index contributed by atoms with van der Waals surface area (Å²) in [6, 6.07) is 5.82. The predicted molar refractivity (Wildman–Crippen MR) is 75.5 cm³/mol. The van der Waals surface area contributed by atoms with Gasteiger partial charge in [-0.2, -0.15) is 0 Å². The quantitative estimate of drug-likeness (QED) is 0.837. The van der Waals surface area contributed by atoms with Crippen molar-refractivity contribution < 1.29 is 0 Å². The molecule has 17 heavy (non-hydrogen) atoms. The molecule has 96 valence electrons. The van der Waals surface area contributed by atoms with Gasteiger partial charge in [0.25, 0.3) is 0 Å². The Morgan fingerprint density at radius 3 is 3.18 bits per heavy atom. The predicted octanol–water partition coefficient (Wildman–Crippen LogP) is 3.10. The highest BCUT2D eigenvalue weighted by atomic mass is 32.1. The van der Waals surface area contributed by atoms with Crippen molar-refractivity contribution in [3.05, 3.63) is 22.4 Å². The lowest BCUT2D eigenvalue weighted by atomic mass is 10.1. The normalized spacial score (nSPS) is 23.1. The van der Waals surface area contributed by atoms with E-state index in [1.807, 2.05) is 11.3 Å². The number of hydrogen-bond acceptors (Lipinski definition) is 3. The molecule has 0 aromatic carbocycles. The highest BCUT2D eigenvalue weighted by Crippen LogP contribution is 2.22. The van der Waals surface area contributed by atoms with E-state index in [1.54, 1.807) is 0 Å². The van der Waals surface area contributed by atoms with Crippen LogP contribution in [0.15, 0.2) is 17.5 Å². The van der Waals surface area contributed by atoms with Gasteiger partial charge in [0, 0.05) is 30.1 Å². The molecule has 2 heterocycles. The summed E-state index contributed by atoms with van der Waals surface area (Å²) in [5.41, 5.74) is 0. The Kier molecular flexibility index (Phi) is 5.01. The van der Waals surface area contributed by atoms with Crippen molar-refractivity contribution in [1.82, 2.24) is 10.2 Å². The second kappa shape index (κ2) is 6.53. The first kappa shape index (κ1) is 13.1. The average molecular weight is 252 g/mol. The molecule has 1 N–H and O–H groups in total. The smallest absolute Gasteiger partial charge is 0.0300 e. The minimum absolute atomic E-state index is 0.669. The third-order valence-corrected chi connectivity index (χ3v) is 4.66. The summed E-state index contributed by atoms with van der Waals surface area (Å²) in [4.78, 5) is 4.12. The number of thiophene rings is 1. The fraction of sp³-hybridized carbons (Fsp3) is 0.714. The van der Waals surface area contributed by atoms with E-state index in [-0.39, 0.29) is 0 Å². The van der Waals surface area contributed by atoms with Gasteiger partial charge in [-0.25, -0.2) is 0 Å². The van der Waals surface area contributed by atoms with Crippen molar-refractivity contribution in [3.63, 3.8) is 0 Å². The average Bonchev–Trinajstić information content (AvgIpc) is 2.99. The van der Waals surface area contributed by atoms with E-state index in [0.717, 1.165) is 19.1 Å². The molecule has 0 aliphatic carbocycles. The summed E-state index contributed by atoms with van der Waals surface area (Å²) in [7, 11) is 0. The molecule has 1 saturated heterocycles. The monoisotopic (exact) mass is 252 g/mol. The molecular weight excluding hydrogens is 228 g/mol. The molecule has 1 aliphatic rings. The first-order chi connectivity index (χ1) is 8.31. The van der Waals surface area contributed by atoms with E-state index >= 15 is 0 Å². The summed E-state index contributed by atoms with van der Waals surface area (Å²) in [5, 5.41) is 5.72. The maximum Gasteiger partial charge on any atom is 0.0300 e. The van der Waals surface area contributed by atoms with Gasteiger partial charge in [-0.1, -0.05) is 13.0 Å². The van der Waals surface area contributed by atoms with Crippen LogP contribution in [0.4, 0.5) is 0 Å². The van der Waals surface area contributed by atoms with Crippen LogP contribution >= 0.6 is 11.3 Å². The molecular formula is C14H24N2S. The summed E-state index contributed by atoms with van der Waals surface area (Å²) in [6.07, 6.45) is 4.08. The highest BCUT2D eigenvalue weighted by Gasteiger charge is 2.26. The number of nitrogens with one attached hydrogen (secondary N) is 1. The molecule has 2 rings (SSSR count). The molecule has 3 heteroatoms. The summed E-state index contributed by atoms with van der Waals surface area (Å²) in [6.45, 7) is 8.09. The maximum atomic E-state index is 3.58. The van der Waals surface area contributed by atoms with Crippen molar-refractivity contribution in [2.45, 2.75) is 51.7 Å². The van der Waals surface area contributed by atoms with Crippen LogP contribution in [0, 0.1) is 0 Å². The third-order valence-electron chi connectivity index (χ3n) is 3.78. The SMILES string of the molecule is CCC1CCCN1C(C)CNCc1cccs1. The molecule has 1 fully saturated rings. The number of likely N-dealkylation sites (tertiary alicyclic amines) is 1. The van der Waals surface area contributed by atoms with Gasteiger partial charge >= 0.3 is 0 Å². The molecule has 2 atom stereocenters. The van der Waals surface area contributed by atoms with E-state index < -0.39 is 0 Å². The molecule has 0 bridgehead atoms. The van der Waals surface area contributed by atoms with Crippen molar-refractivity contribution in [2.24, 2.45) is 0 Å². The molecule has 0 saturated carbocycles. The van der Waals surface area contributed by atoms with Crippen molar-refractivity contribution in [2.75, 3.05) is 13.1 Å². The van der Waals surface area contributed by atoms with Crippen molar-refractivity contribution in [1.29, 1.82) is 0 Å². The lowest BCUT2D eigenvalue weighted by Crippen LogP contribution is -2.42. The maximum absolute atomic E-state index is 3.58. The van der Waals surface area contributed by atoms with Gasteiger partial charge in [-0.3, -0.25) is 4.90 Å². The number of rotatable bonds is 6. The van der Waals surface area contributed by atoms with Gasteiger partial charge in [-0.05, 0) is 44.2 Å². The number of nitrogens with zero attached hydrogens (tertiary/aromatic N) is 1. The van der Waals surface area contributed by atoms with E-state index in [4.69, 9.17) is 0 Å². The fourth-order valence-corrected chi connectivity index (χ4v) is 3.49. The standard InChI is InChI=1S/C14H24N2S/c1-3-13-6-4-8-16(13)12(2)10-15-11-14-7-5-9-17-14/h5,7,9,12-13,15H,3-4,6,8,10-11H2,1-2H3. The van der Waals surface area contributed by atoms with Crippen LogP contribution in [-0.4, -0.2) is 30.1 Å². The van der Waals surface area contributed by atoms with Gasteiger partial charge in [-0.15, -0.1) is 11.3 Å². The Morgan fingerprint density at radius 2 is 2.47 bits per heavy atom. The zero-order valence-electron chi connectivity index (χ0n) is 11.0. The van der Waals surface area contributed by atoms with Gasteiger partial charge in [0.1, 0.15) is 0 Å². The van der Waals surface area contributed by atoms with Crippen LogP contribution in [-0.2, 0) is 6.54 Å². The molecule has 2 unspecified atom stereocenters. The summed E-state index contributed by atoms with van der Waals surface area (Å²) in [5.74, 6) is 0. The Hall–Kier alpha value is -0.380. The Balaban J connectivity index is 1.71. The minimum Gasteiger partial charge on any atom is -0.310 e. The fourth-order valence-electron chi connectivity index (χ4n) is 2.81. The Labute approximate surface area is 109 Å². The molecule has 1 aromatic heterocycles. The van der Waals surface area contributed by atoms with Crippen LogP contribution < -0.4 is 5.32 Å². The van der Waals surface area contributed by atoms with Gasteiger partial charge in [0.05, 0.1) is 0 Å². The minimum atomic E-state index is 0.669. The summed E-state index contributed by atoms with van der Waals surface area (Å²) >= 11 is 1.84. The molecule has 0 amide bonds. The van der Waals surface area contributed by atoms with E-state index in [1.165, 1.54) is 30.7 Å². The lowest BCUT2D eigenvalue weighted by molar-refractivity contribution is 0.183. The third kappa shape index (κ3) is 3.54. The van der Waals surface area contributed by atoms with E-state index in [2.05, 4.69) is 41.6 Å². The van der Waals surface area contributed by atoms with Crippen LogP contribution in [0.3, 0.4) is 0 Å². The number of hydrogen-bond donors (Lipinski definition) is 1. The summed E-state index contributed by atoms with van der Waals surface area (Å²) < 4.78 is 0. The molecule has 1 aliphatic heterocycles. The molecule has 2 nitrogen and oxygen atoms in total. The van der Waals surface area contributed by atoms with Gasteiger partial charge < -0.3 is 5.32 Å². The topological polar surface area (TPSA) is 15.3 Å². The second-order valence-corrected chi connectivity index (χ2v) is 6.03. The Morgan fingerprint density at radius 1 is 1.59 bits per heavy atom. The molecule has 1 aromatic rings. The van der Waals surface area contributed by atoms with E-state index in [9.17, 15) is 0 Å². The first-order valence-electron chi connectivity index (χ1n) is 6.80. The Bertz CT molecular complexity index is 310. The second-order valence-electron chi connectivity index (χ2n) is 5.00. The van der Waals surface area contributed by atoms with Gasteiger partial charge in [0.2, 0.25) is 0 Å². The van der Waals surface area contributed by atoms with E-state index in [0.29, 0.717) is 6.04 Å². The molecule has 0 radical (unpaired) electrons. The van der Waals surface area contributed by atoms with Crippen LogP contribution in [0.1, 0.15) is 38.0 Å². The lowest BCUT2D eigenvalue weighted by Gasteiger charge is -2.30. The zero-order valence-corrected chi connectivity index (χ0v) is 11.8. The van der Waals surface area contributed by atoms with Crippen molar-refractivity contribution >= 4 is 11.3 Å². The van der Waals surface area contributed by atoms with Crippen LogP contribution in [0.5, 0.6) is 0 Å². The van der Waals surface area contributed by atoms with Crippen molar-refractivity contribution in [3.8, 4) is 0 Å². The molecule has 0 spiro atoms. The van der Waals surface area contributed by atoms with Crippen LogP contribution in [0.25, 0.3) is 0 Å². The van der Waals surface area contributed by atoms with Gasteiger partial charge in [0.15, 0.2) is 0 Å². The first-order valence-corrected chi connectivity index (χ1v) is 7.68. The zero-order chi connectivity index (χ0) is 12.1. The van der Waals surface area contributed by atoms with Crippen LogP contribution in [0.2, 0.25) is 0 Å². The largest absolute Gasteiger partial charge is 0.310 e.